The lowest BCUT2D eigenvalue weighted by Crippen LogP contribution is -2.25. The maximum Gasteiger partial charge on any atom is 0.244 e. The highest BCUT2D eigenvalue weighted by Crippen LogP contribution is 2.30. The fourth-order valence-corrected chi connectivity index (χ4v) is 3.51. The zero-order valence-corrected chi connectivity index (χ0v) is 12.4. The van der Waals surface area contributed by atoms with E-state index < -0.39 is 10.0 Å². The second-order valence-electron chi connectivity index (χ2n) is 3.83. The Morgan fingerprint density at radius 3 is 2.65 bits per heavy atom. The molecule has 0 aliphatic carbocycles. The second-order valence-corrected chi connectivity index (χ2v) is 6.38. The molecule has 1 aromatic carbocycles. The van der Waals surface area contributed by atoms with Crippen LogP contribution in [0.2, 0.25) is 10.0 Å². The van der Waals surface area contributed by atoms with Gasteiger partial charge in [-0.2, -0.15) is 0 Å². The Balaban J connectivity index is 2.28. The van der Waals surface area contributed by atoms with Gasteiger partial charge in [0.05, 0.1) is 22.9 Å². The molecule has 2 rings (SSSR count). The van der Waals surface area contributed by atoms with E-state index in [0.29, 0.717) is 5.69 Å². The molecule has 0 atom stereocenters. The highest BCUT2D eigenvalue weighted by atomic mass is 35.5. The molecule has 0 aliphatic rings. The molecule has 0 spiro atoms. The first-order chi connectivity index (χ1) is 9.40. The van der Waals surface area contributed by atoms with E-state index in [2.05, 4.69) is 14.7 Å². The van der Waals surface area contributed by atoms with Gasteiger partial charge in [0.15, 0.2) is 0 Å². The van der Waals surface area contributed by atoms with Gasteiger partial charge in [0, 0.05) is 11.2 Å². The number of hydrogen-bond donors (Lipinski definition) is 2. The van der Waals surface area contributed by atoms with Crippen molar-refractivity contribution in [3.8, 4) is 0 Å². The molecule has 0 saturated carbocycles. The summed E-state index contributed by atoms with van der Waals surface area (Å²) < 4.78 is 26.8. The minimum atomic E-state index is -3.86. The number of hydrogen-bond acceptors (Lipinski definition) is 5. The molecule has 1 aromatic heterocycles. The van der Waals surface area contributed by atoms with Crippen molar-refractivity contribution in [2.75, 3.05) is 5.73 Å². The van der Waals surface area contributed by atoms with Crippen LogP contribution in [0.15, 0.2) is 35.6 Å². The maximum absolute atomic E-state index is 12.2. The van der Waals surface area contributed by atoms with Gasteiger partial charge in [-0.1, -0.05) is 23.2 Å². The van der Waals surface area contributed by atoms with Crippen molar-refractivity contribution in [2.45, 2.75) is 11.4 Å². The van der Waals surface area contributed by atoms with Gasteiger partial charge in [-0.3, -0.25) is 0 Å². The van der Waals surface area contributed by atoms with Crippen molar-refractivity contribution < 1.29 is 8.42 Å². The number of sulfonamides is 1. The van der Waals surface area contributed by atoms with Crippen LogP contribution in [0.1, 0.15) is 5.69 Å². The van der Waals surface area contributed by atoms with Crippen molar-refractivity contribution in [1.29, 1.82) is 0 Å². The lowest BCUT2D eigenvalue weighted by atomic mass is 10.3. The molecule has 20 heavy (non-hydrogen) atoms. The van der Waals surface area contributed by atoms with E-state index in [1.165, 1.54) is 24.7 Å². The van der Waals surface area contributed by atoms with E-state index >= 15 is 0 Å². The van der Waals surface area contributed by atoms with Crippen LogP contribution in [0, 0.1) is 0 Å². The number of nitrogens with one attached hydrogen (secondary N) is 1. The van der Waals surface area contributed by atoms with Gasteiger partial charge in [0.1, 0.15) is 11.2 Å². The number of rotatable bonds is 4. The smallest absolute Gasteiger partial charge is 0.244 e. The van der Waals surface area contributed by atoms with Crippen molar-refractivity contribution >= 4 is 38.9 Å². The van der Waals surface area contributed by atoms with E-state index in [1.807, 2.05) is 0 Å². The number of aromatic nitrogens is 2. The van der Waals surface area contributed by atoms with E-state index in [1.54, 1.807) is 6.07 Å². The van der Waals surface area contributed by atoms with Crippen molar-refractivity contribution in [2.24, 2.45) is 0 Å². The van der Waals surface area contributed by atoms with Crippen LogP contribution in [0.4, 0.5) is 5.69 Å². The van der Waals surface area contributed by atoms with Crippen LogP contribution in [-0.4, -0.2) is 18.4 Å². The SMILES string of the molecule is Nc1cc(Cl)cc(Cl)c1S(=O)(=O)NCc1ccncn1. The molecule has 0 bridgehead atoms. The second kappa shape index (κ2) is 5.92. The molecule has 0 amide bonds. The Morgan fingerprint density at radius 2 is 2.05 bits per heavy atom. The largest absolute Gasteiger partial charge is 0.398 e. The highest BCUT2D eigenvalue weighted by Gasteiger charge is 2.21. The van der Waals surface area contributed by atoms with Crippen molar-refractivity contribution in [3.63, 3.8) is 0 Å². The molecule has 2 aromatic rings. The minimum Gasteiger partial charge on any atom is -0.398 e. The lowest BCUT2D eigenvalue weighted by molar-refractivity contribution is 0.581. The summed E-state index contributed by atoms with van der Waals surface area (Å²) >= 11 is 11.6. The van der Waals surface area contributed by atoms with Gasteiger partial charge in [0.2, 0.25) is 10.0 Å². The van der Waals surface area contributed by atoms with Gasteiger partial charge in [-0.05, 0) is 18.2 Å². The molecule has 0 fully saturated rings. The summed E-state index contributed by atoms with van der Waals surface area (Å²) in [6, 6.07) is 4.24. The third-order valence-electron chi connectivity index (χ3n) is 2.39. The average molecular weight is 333 g/mol. The molecular formula is C11H10Cl2N4O2S. The molecule has 6 nitrogen and oxygen atoms in total. The number of halogens is 2. The van der Waals surface area contributed by atoms with E-state index in [9.17, 15) is 8.42 Å². The Labute approximate surface area is 126 Å². The normalized spacial score (nSPS) is 11.5. The van der Waals surface area contributed by atoms with E-state index in [4.69, 9.17) is 28.9 Å². The number of nitrogen functional groups attached to an aromatic ring is 1. The summed E-state index contributed by atoms with van der Waals surface area (Å²) in [5.74, 6) is 0. The number of nitrogens with two attached hydrogens (primary N) is 1. The van der Waals surface area contributed by atoms with Gasteiger partial charge in [-0.25, -0.2) is 23.1 Å². The summed E-state index contributed by atoms with van der Waals surface area (Å²) in [6.45, 7) is 0.00322. The third kappa shape index (κ3) is 3.37. The zero-order chi connectivity index (χ0) is 14.8. The first kappa shape index (κ1) is 15.0. The lowest BCUT2D eigenvalue weighted by Gasteiger charge is -2.11. The molecule has 1 heterocycles. The van der Waals surface area contributed by atoms with Crippen LogP contribution in [0.3, 0.4) is 0 Å². The predicted octanol–water partition coefficient (Wildman–Crippen LogP) is 1.84. The van der Waals surface area contributed by atoms with E-state index in [0.717, 1.165) is 0 Å². The maximum atomic E-state index is 12.2. The predicted molar refractivity (Wildman–Crippen MR) is 76.9 cm³/mol. The number of anilines is 1. The van der Waals surface area contributed by atoms with Crippen LogP contribution in [0.25, 0.3) is 0 Å². The molecule has 0 unspecified atom stereocenters. The van der Waals surface area contributed by atoms with Gasteiger partial charge in [-0.15, -0.1) is 0 Å². The molecular weight excluding hydrogens is 323 g/mol. The average Bonchev–Trinajstić information content (AvgIpc) is 2.36. The number of benzene rings is 1. The fraction of sp³-hybridized carbons (Fsp3) is 0.0909. The summed E-state index contributed by atoms with van der Waals surface area (Å²) in [4.78, 5) is 7.46. The Kier molecular flexibility index (Phi) is 4.44. The third-order valence-corrected chi connectivity index (χ3v) is 4.54. The summed E-state index contributed by atoms with van der Waals surface area (Å²) in [5, 5.41) is 0.229. The molecule has 0 saturated heterocycles. The standard InChI is InChI=1S/C11H10Cl2N4O2S/c12-7-3-9(13)11(10(14)4-7)20(18,19)17-5-8-1-2-15-6-16-8/h1-4,6,17H,5,14H2. The van der Waals surface area contributed by atoms with Crippen molar-refractivity contribution in [3.05, 3.63) is 46.5 Å². The Bertz CT molecular complexity index is 699. The summed E-state index contributed by atoms with van der Waals surface area (Å²) in [7, 11) is -3.86. The quantitative estimate of drug-likeness (QED) is 0.832. The molecule has 0 aliphatic heterocycles. The highest BCUT2D eigenvalue weighted by molar-refractivity contribution is 7.89. The van der Waals surface area contributed by atoms with Gasteiger partial charge >= 0.3 is 0 Å². The zero-order valence-electron chi connectivity index (χ0n) is 10.0. The van der Waals surface area contributed by atoms with Gasteiger partial charge < -0.3 is 5.73 Å². The summed E-state index contributed by atoms with van der Waals surface area (Å²) in [6.07, 6.45) is 2.84. The Hall–Kier alpha value is -1.41. The van der Waals surface area contributed by atoms with E-state index in [-0.39, 0.29) is 27.2 Å². The van der Waals surface area contributed by atoms with Crippen molar-refractivity contribution in [1.82, 2.24) is 14.7 Å². The van der Waals surface area contributed by atoms with Crippen LogP contribution in [-0.2, 0) is 16.6 Å². The first-order valence-electron chi connectivity index (χ1n) is 5.39. The van der Waals surface area contributed by atoms with Gasteiger partial charge in [0.25, 0.3) is 0 Å². The molecule has 106 valence electrons. The minimum absolute atomic E-state index is 0.00322. The Morgan fingerprint density at radius 1 is 1.30 bits per heavy atom. The molecule has 9 heteroatoms. The summed E-state index contributed by atoms with van der Waals surface area (Å²) in [5.41, 5.74) is 6.17. The van der Waals surface area contributed by atoms with Crippen LogP contribution < -0.4 is 10.5 Å². The number of nitrogens with zero attached hydrogens (tertiary/aromatic N) is 2. The first-order valence-corrected chi connectivity index (χ1v) is 7.63. The topological polar surface area (TPSA) is 98.0 Å². The van der Waals surface area contributed by atoms with Crippen LogP contribution >= 0.6 is 23.2 Å². The molecule has 3 N–H and O–H groups in total. The fourth-order valence-electron chi connectivity index (χ4n) is 1.53. The molecule has 0 radical (unpaired) electrons. The van der Waals surface area contributed by atoms with Crippen LogP contribution in [0.5, 0.6) is 0 Å². The monoisotopic (exact) mass is 332 g/mol.